The van der Waals surface area contributed by atoms with E-state index in [1.165, 1.54) is 24.3 Å². The quantitative estimate of drug-likeness (QED) is 0.820. The molecule has 0 aliphatic heterocycles. The molecular formula is C13H17F3N2O2. The second-order valence-electron chi connectivity index (χ2n) is 5.29. The lowest BCUT2D eigenvalue weighted by atomic mass is 10.1. The molecule has 0 fully saturated rings. The molecule has 1 aromatic carbocycles. The van der Waals surface area contributed by atoms with Crippen LogP contribution in [0.15, 0.2) is 24.3 Å². The van der Waals surface area contributed by atoms with Gasteiger partial charge >= 0.3 is 12.3 Å². The average Bonchev–Trinajstić information content (AvgIpc) is 2.23. The molecule has 0 bridgehead atoms. The maximum absolute atomic E-state index is 13.0. The first-order chi connectivity index (χ1) is 8.99. The molecular weight excluding hydrogens is 273 g/mol. The Morgan fingerprint density at radius 3 is 2.10 bits per heavy atom. The minimum atomic E-state index is -4.63. The van der Waals surface area contributed by atoms with Crippen molar-refractivity contribution in [2.24, 2.45) is 0 Å². The van der Waals surface area contributed by atoms with E-state index in [4.69, 9.17) is 10.5 Å². The summed E-state index contributed by atoms with van der Waals surface area (Å²) in [5.74, 6) is 0. The van der Waals surface area contributed by atoms with E-state index in [2.05, 4.69) is 0 Å². The lowest BCUT2D eigenvalue weighted by Gasteiger charge is -2.25. The van der Waals surface area contributed by atoms with Crippen LogP contribution in [-0.2, 0) is 4.74 Å². The fraction of sp³-hybridized carbons (Fsp3) is 0.462. The topological polar surface area (TPSA) is 64.3 Å². The number of alkyl carbamates (subject to hydrolysis) is 1. The van der Waals surface area contributed by atoms with Crippen LogP contribution in [0.2, 0.25) is 0 Å². The summed E-state index contributed by atoms with van der Waals surface area (Å²) in [5, 5.41) is 1.82. The van der Waals surface area contributed by atoms with E-state index in [0.717, 1.165) is 0 Å². The van der Waals surface area contributed by atoms with Gasteiger partial charge in [-0.3, -0.25) is 0 Å². The Balaban J connectivity index is 2.92. The van der Waals surface area contributed by atoms with E-state index < -0.39 is 23.9 Å². The van der Waals surface area contributed by atoms with Gasteiger partial charge in [0, 0.05) is 5.69 Å². The number of halogens is 3. The van der Waals surface area contributed by atoms with Crippen molar-refractivity contribution in [1.29, 1.82) is 0 Å². The molecule has 4 nitrogen and oxygen atoms in total. The van der Waals surface area contributed by atoms with Crippen molar-refractivity contribution >= 4 is 11.8 Å². The number of nitrogens with two attached hydrogens (primary N) is 1. The third kappa shape index (κ3) is 4.99. The van der Waals surface area contributed by atoms with E-state index in [9.17, 15) is 18.0 Å². The van der Waals surface area contributed by atoms with Gasteiger partial charge in [-0.25, -0.2) is 4.79 Å². The van der Waals surface area contributed by atoms with Gasteiger partial charge in [0.05, 0.1) is 0 Å². The standard InChI is InChI=1S/C13H17F3N2O2/c1-12(2,3)20-11(19)18-10(13(14,15)16)8-4-6-9(17)7-5-8/h4-7,10H,17H2,1-3H3,(H,18,19)/t10-/m1/s1. The van der Waals surface area contributed by atoms with Crippen molar-refractivity contribution in [3.05, 3.63) is 29.8 Å². The molecule has 0 unspecified atom stereocenters. The number of hydrogen-bond donors (Lipinski definition) is 2. The Labute approximate surface area is 115 Å². The number of nitrogens with one attached hydrogen (secondary N) is 1. The van der Waals surface area contributed by atoms with E-state index in [-0.39, 0.29) is 5.56 Å². The van der Waals surface area contributed by atoms with Crippen molar-refractivity contribution in [3.63, 3.8) is 0 Å². The highest BCUT2D eigenvalue weighted by atomic mass is 19.4. The summed E-state index contributed by atoms with van der Waals surface area (Å²) in [5.41, 5.74) is 4.78. The lowest BCUT2D eigenvalue weighted by molar-refractivity contribution is -0.156. The highest BCUT2D eigenvalue weighted by Crippen LogP contribution is 2.33. The molecule has 20 heavy (non-hydrogen) atoms. The summed E-state index contributed by atoms with van der Waals surface area (Å²) >= 11 is 0. The molecule has 1 aromatic rings. The Bertz CT molecular complexity index is 464. The molecule has 112 valence electrons. The summed E-state index contributed by atoms with van der Waals surface area (Å²) in [6, 6.07) is 2.96. The third-order valence-corrected chi connectivity index (χ3v) is 2.26. The molecule has 0 spiro atoms. The molecule has 0 radical (unpaired) electrons. The first kappa shape index (κ1) is 16.1. The van der Waals surface area contributed by atoms with Crippen molar-refractivity contribution in [2.45, 2.75) is 38.6 Å². The van der Waals surface area contributed by atoms with Crippen molar-refractivity contribution in [2.75, 3.05) is 5.73 Å². The largest absolute Gasteiger partial charge is 0.444 e. The van der Waals surface area contributed by atoms with E-state index in [1.54, 1.807) is 20.8 Å². The van der Waals surface area contributed by atoms with Gasteiger partial charge in [0.15, 0.2) is 6.04 Å². The zero-order valence-corrected chi connectivity index (χ0v) is 11.4. The lowest BCUT2D eigenvalue weighted by Crippen LogP contribution is -2.41. The smallest absolute Gasteiger partial charge is 0.412 e. The predicted molar refractivity (Wildman–Crippen MR) is 69.0 cm³/mol. The van der Waals surface area contributed by atoms with Crippen LogP contribution >= 0.6 is 0 Å². The minimum Gasteiger partial charge on any atom is -0.444 e. The zero-order chi connectivity index (χ0) is 15.6. The van der Waals surface area contributed by atoms with E-state index in [0.29, 0.717) is 5.69 Å². The average molecular weight is 290 g/mol. The maximum atomic E-state index is 13.0. The SMILES string of the molecule is CC(C)(C)OC(=O)N[C@H](c1ccc(N)cc1)C(F)(F)F. The fourth-order valence-electron chi connectivity index (χ4n) is 1.47. The number of carbonyl (C=O) groups excluding carboxylic acids is 1. The maximum Gasteiger partial charge on any atom is 0.412 e. The van der Waals surface area contributed by atoms with Crippen molar-refractivity contribution < 1.29 is 22.7 Å². The van der Waals surface area contributed by atoms with E-state index in [1.807, 2.05) is 5.32 Å². The van der Waals surface area contributed by atoms with Gasteiger partial charge in [0.2, 0.25) is 0 Å². The molecule has 1 atom stereocenters. The van der Waals surface area contributed by atoms with Crippen LogP contribution in [-0.4, -0.2) is 17.9 Å². The Morgan fingerprint density at radius 1 is 1.20 bits per heavy atom. The number of anilines is 1. The Kier molecular flexibility index (Phi) is 4.52. The molecule has 0 aromatic heterocycles. The number of ether oxygens (including phenoxy) is 1. The Hall–Kier alpha value is -1.92. The van der Waals surface area contributed by atoms with Crippen molar-refractivity contribution in [3.8, 4) is 0 Å². The summed E-state index contributed by atoms with van der Waals surface area (Å²) in [7, 11) is 0. The van der Waals surface area contributed by atoms with Gasteiger partial charge < -0.3 is 15.8 Å². The van der Waals surface area contributed by atoms with E-state index >= 15 is 0 Å². The fourth-order valence-corrected chi connectivity index (χ4v) is 1.47. The normalized spacial score (nSPS) is 13.7. The molecule has 0 saturated heterocycles. The zero-order valence-electron chi connectivity index (χ0n) is 11.4. The van der Waals surface area contributed by atoms with Crippen LogP contribution in [0.4, 0.5) is 23.7 Å². The molecule has 0 aliphatic rings. The van der Waals surface area contributed by atoms with Crippen molar-refractivity contribution in [1.82, 2.24) is 5.32 Å². The molecule has 0 aliphatic carbocycles. The van der Waals surface area contributed by atoms with Gasteiger partial charge in [-0.1, -0.05) is 12.1 Å². The van der Waals surface area contributed by atoms with Gasteiger partial charge in [-0.15, -0.1) is 0 Å². The number of nitrogen functional groups attached to an aromatic ring is 1. The predicted octanol–water partition coefficient (Wildman–Crippen LogP) is 3.40. The van der Waals surface area contributed by atoms with Crippen LogP contribution in [0, 0.1) is 0 Å². The molecule has 7 heteroatoms. The molecule has 0 saturated carbocycles. The third-order valence-electron chi connectivity index (χ3n) is 2.26. The van der Waals surface area contributed by atoms with Crippen LogP contribution in [0.5, 0.6) is 0 Å². The minimum absolute atomic E-state index is 0.113. The second-order valence-corrected chi connectivity index (χ2v) is 5.29. The number of hydrogen-bond acceptors (Lipinski definition) is 3. The summed E-state index contributed by atoms with van der Waals surface area (Å²) in [4.78, 5) is 11.5. The molecule has 1 rings (SSSR count). The molecule has 1 amide bonds. The highest BCUT2D eigenvalue weighted by molar-refractivity contribution is 5.68. The number of alkyl halides is 3. The number of benzene rings is 1. The van der Waals surface area contributed by atoms with Crippen LogP contribution < -0.4 is 11.1 Å². The summed E-state index contributed by atoms with van der Waals surface area (Å²) in [6.07, 6.45) is -5.76. The van der Waals surface area contributed by atoms with Gasteiger partial charge in [-0.05, 0) is 38.5 Å². The number of carbonyl (C=O) groups is 1. The van der Waals surface area contributed by atoms with Crippen LogP contribution in [0.1, 0.15) is 32.4 Å². The van der Waals surface area contributed by atoms with Gasteiger partial charge in [0.1, 0.15) is 5.60 Å². The number of rotatable bonds is 2. The van der Waals surface area contributed by atoms with Crippen LogP contribution in [0.25, 0.3) is 0 Å². The highest BCUT2D eigenvalue weighted by Gasteiger charge is 2.42. The Morgan fingerprint density at radius 2 is 1.70 bits per heavy atom. The molecule has 3 N–H and O–H groups in total. The monoisotopic (exact) mass is 290 g/mol. The first-order valence-electron chi connectivity index (χ1n) is 5.91. The van der Waals surface area contributed by atoms with Gasteiger partial charge in [-0.2, -0.15) is 13.2 Å². The number of amides is 1. The van der Waals surface area contributed by atoms with Gasteiger partial charge in [0.25, 0.3) is 0 Å². The molecule has 0 heterocycles. The summed E-state index contributed by atoms with van der Waals surface area (Å²) < 4.78 is 43.8. The second kappa shape index (κ2) is 5.60. The summed E-state index contributed by atoms with van der Waals surface area (Å²) in [6.45, 7) is 4.70. The first-order valence-corrected chi connectivity index (χ1v) is 5.91. The van der Waals surface area contributed by atoms with Crippen LogP contribution in [0.3, 0.4) is 0 Å².